The number of amides is 1. The molecule has 1 aliphatic heterocycles. The third-order valence-corrected chi connectivity index (χ3v) is 6.19. The number of sulfonamides is 1. The largest absolute Gasteiger partial charge is 0.328 e. The zero-order chi connectivity index (χ0) is 20.5. The highest BCUT2D eigenvalue weighted by atomic mass is 32.2. The number of carbonyl (C=O) groups is 1. The molecule has 6 nitrogen and oxygen atoms in total. The molecule has 0 bridgehead atoms. The van der Waals surface area contributed by atoms with Gasteiger partial charge in [0, 0.05) is 17.8 Å². The van der Waals surface area contributed by atoms with Crippen molar-refractivity contribution < 1.29 is 13.2 Å². The van der Waals surface area contributed by atoms with E-state index in [1.165, 1.54) is 6.07 Å². The molecular formula is C21H25N3O3S. The predicted molar refractivity (Wildman–Crippen MR) is 113 cm³/mol. The number of aryl methyl sites for hydroxylation is 2. The molecule has 28 heavy (non-hydrogen) atoms. The van der Waals surface area contributed by atoms with Gasteiger partial charge in [0.15, 0.2) is 0 Å². The molecule has 0 radical (unpaired) electrons. The molecule has 0 saturated heterocycles. The molecule has 0 fully saturated rings. The van der Waals surface area contributed by atoms with Crippen molar-refractivity contribution in [1.29, 1.82) is 0 Å². The maximum atomic E-state index is 12.7. The first kappa shape index (κ1) is 20.1. The smallest absolute Gasteiger partial charge is 0.286 e. The summed E-state index contributed by atoms with van der Waals surface area (Å²) >= 11 is 0. The monoisotopic (exact) mass is 399 g/mol. The maximum absolute atomic E-state index is 12.7. The van der Waals surface area contributed by atoms with Crippen LogP contribution in [-0.2, 0) is 10.0 Å². The van der Waals surface area contributed by atoms with Crippen molar-refractivity contribution in [3.05, 3.63) is 53.1 Å². The van der Waals surface area contributed by atoms with Crippen LogP contribution in [0.15, 0.2) is 45.7 Å². The Labute approximate surface area is 166 Å². The first-order valence-corrected chi connectivity index (χ1v) is 10.8. The van der Waals surface area contributed by atoms with Gasteiger partial charge in [-0.15, -0.1) is 4.40 Å². The number of hydrogen-bond donors (Lipinski definition) is 1. The highest BCUT2D eigenvalue weighted by Crippen LogP contribution is 2.33. The lowest BCUT2D eigenvalue weighted by Crippen LogP contribution is -2.34. The third kappa shape index (κ3) is 3.94. The first-order valence-electron chi connectivity index (χ1n) is 9.34. The number of anilines is 2. The molecule has 7 heteroatoms. The molecular weight excluding hydrogens is 374 g/mol. The second kappa shape index (κ2) is 7.75. The van der Waals surface area contributed by atoms with Crippen LogP contribution >= 0.6 is 0 Å². The van der Waals surface area contributed by atoms with Gasteiger partial charge >= 0.3 is 0 Å². The number of nitrogens with one attached hydrogen (secondary N) is 1. The van der Waals surface area contributed by atoms with Crippen LogP contribution in [-0.4, -0.2) is 26.7 Å². The van der Waals surface area contributed by atoms with Crippen molar-refractivity contribution in [3.63, 3.8) is 0 Å². The fourth-order valence-corrected chi connectivity index (χ4v) is 4.54. The van der Waals surface area contributed by atoms with Crippen LogP contribution in [0.5, 0.6) is 0 Å². The Morgan fingerprint density at radius 2 is 1.86 bits per heavy atom. The van der Waals surface area contributed by atoms with E-state index in [1.807, 2.05) is 36.9 Å². The number of amidine groups is 1. The fraction of sp³-hybridized carbons (Fsp3) is 0.333. The lowest BCUT2D eigenvalue weighted by molar-refractivity contribution is 0.102. The van der Waals surface area contributed by atoms with Crippen molar-refractivity contribution in [2.45, 2.75) is 45.4 Å². The Morgan fingerprint density at radius 1 is 1.11 bits per heavy atom. The Kier molecular flexibility index (Phi) is 5.56. The summed E-state index contributed by atoms with van der Waals surface area (Å²) in [4.78, 5) is 14.7. The summed E-state index contributed by atoms with van der Waals surface area (Å²) in [5, 5.41) is 2.86. The molecule has 0 aliphatic carbocycles. The van der Waals surface area contributed by atoms with E-state index in [9.17, 15) is 13.2 Å². The van der Waals surface area contributed by atoms with E-state index in [4.69, 9.17) is 0 Å². The minimum atomic E-state index is -3.83. The summed E-state index contributed by atoms with van der Waals surface area (Å²) in [7, 11) is -3.83. The molecule has 3 rings (SSSR count). The van der Waals surface area contributed by atoms with Crippen LogP contribution in [0.4, 0.5) is 11.4 Å². The standard InChI is InChI=1S/C21H25N3O3S/c1-5-6-11-24-16(4)23-28(26,27)20-13-17(8-10-19(20)24)21(25)22-18-9-7-14(2)12-15(18)3/h7-10,12-13H,5-6,11H2,1-4H3,(H,22,25). The molecule has 1 amide bonds. The van der Waals surface area contributed by atoms with E-state index in [-0.39, 0.29) is 16.4 Å². The van der Waals surface area contributed by atoms with Gasteiger partial charge in [-0.3, -0.25) is 4.79 Å². The van der Waals surface area contributed by atoms with Crippen LogP contribution in [0.25, 0.3) is 0 Å². The molecule has 148 valence electrons. The van der Waals surface area contributed by atoms with Gasteiger partial charge in [-0.25, -0.2) is 0 Å². The number of rotatable bonds is 5. The van der Waals surface area contributed by atoms with E-state index in [1.54, 1.807) is 19.1 Å². The Morgan fingerprint density at radius 3 is 2.54 bits per heavy atom. The Bertz CT molecular complexity index is 1060. The van der Waals surface area contributed by atoms with Gasteiger partial charge in [0.1, 0.15) is 10.7 Å². The maximum Gasteiger partial charge on any atom is 0.286 e. The van der Waals surface area contributed by atoms with Gasteiger partial charge in [0.25, 0.3) is 15.9 Å². The molecule has 1 aliphatic rings. The second-order valence-corrected chi connectivity index (χ2v) is 8.65. The molecule has 2 aromatic rings. The lowest BCUT2D eigenvalue weighted by atomic mass is 10.1. The topological polar surface area (TPSA) is 78.8 Å². The average molecular weight is 400 g/mol. The fourth-order valence-electron chi connectivity index (χ4n) is 3.28. The lowest BCUT2D eigenvalue weighted by Gasteiger charge is -2.29. The van der Waals surface area contributed by atoms with E-state index in [0.29, 0.717) is 23.8 Å². The Balaban J connectivity index is 1.95. The molecule has 0 unspecified atom stereocenters. The highest BCUT2D eigenvalue weighted by Gasteiger charge is 2.29. The van der Waals surface area contributed by atoms with E-state index < -0.39 is 10.0 Å². The van der Waals surface area contributed by atoms with Crippen LogP contribution in [0.1, 0.15) is 48.2 Å². The van der Waals surface area contributed by atoms with E-state index in [0.717, 1.165) is 24.0 Å². The summed E-state index contributed by atoms with van der Waals surface area (Å²) in [6.45, 7) is 8.36. The quantitative estimate of drug-likeness (QED) is 0.814. The van der Waals surface area contributed by atoms with Crippen LogP contribution in [0, 0.1) is 13.8 Å². The molecule has 0 spiro atoms. The SMILES string of the molecule is CCCCN1C(C)=NS(=O)(=O)c2cc(C(=O)Nc3ccc(C)cc3C)ccc21. The average Bonchev–Trinajstić information content (AvgIpc) is 2.63. The molecule has 1 N–H and O–H groups in total. The summed E-state index contributed by atoms with van der Waals surface area (Å²) in [5.41, 5.74) is 3.62. The molecule has 1 heterocycles. The number of carbonyl (C=O) groups excluding carboxylic acids is 1. The number of fused-ring (bicyclic) bond motifs is 1. The van der Waals surface area contributed by atoms with Crippen LogP contribution in [0.3, 0.4) is 0 Å². The molecule has 2 aromatic carbocycles. The normalized spacial score (nSPS) is 15.0. The van der Waals surface area contributed by atoms with Gasteiger partial charge in [0.05, 0.1) is 5.69 Å². The summed E-state index contributed by atoms with van der Waals surface area (Å²) in [6, 6.07) is 10.5. The summed E-state index contributed by atoms with van der Waals surface area (Å²) in [5.74, 6) is 0.102. The van der Waals surface area contributed by atoms with Crippen LogP contribution in [0.2, 0.25) is 0 Å². The first-order chi connectivity index (χ1) is 13.2. The molecule has 0 aromatic heterocycles. The Hall–Kier alpha value is -2.67. The highest BCUT2D eigenvalue weighted by molar-refractivity contribution is 7.90. The van der Waals surface area contributed by atoms with Crippen molar-refractivity contribution in [1.82, 2.24) is 0 Å². The van der Waals surface area contributed by atoms with Gasteiger partial charge in [-0.05, 0) is 57.0 Å². The van der Waals surface area contributed by atoms with Crippen molar-refractivity contribution in [2.24, 2.45) is 4.40 Å². The number of nitrogens with zero attached hydrogens (tertiary/aromatic N) is 2. The zero-order valence-electron chi connectivity index (χ0n) is 16.6. The van der Waals surface area contributed by atoms with Gasteiger partial charge in [-0.2, -0.15) is 8.42 Å². The predicted octanol–water partition coefficient (Wildman–Crippen LogP) is 4.28. The minimum absolute atomic E-state index is 0.0717. The van der Waals surface area contributed by atoms with Gasteiger partial charge in [0.2, 0.25) is 0 Å². The second-order valence-electron chi connectivity index (χ2n) is 7.07. The van der Waals surface area contributed by atoms with Gasteiger partial charge < -0.3 is 10.2 Å². The number of benzene rings is 2. The zero-order valence-corrected chi connectivity index (χ0v) is 17.4. The molecule has 0 atom stereocenters. The van der Waals surface area contributed by atoms with E-state index in [2.05, 4.69) is 16.6 Å². The minimum Gasteiger partial charge on any atom is -0.328 e. The number of unbranched alkanes of at least 4 members (excludes halogenated alkanes) is 1. The summed E-state index contributed by atoms with van der Waals surface area (Å²) < 4.78 is 29.0. The van der Waals surface area contributed by atoms with Crippen molar-refractivity contribution >= 4 is 33.1 Å². The van der Waals surface area contributed by atoms with Crippen molar-refractivity contribution in [2.75, 3.05) is 16.8 Å². The van der Waals surface area contributed by atoms with Gasteiger partial charge in [-0.1, -0.05) is 31.0 Å². The van der Waals surface area contributed by atoms with Crippen molar-refractivity contribution in [3.8, 4) is 0 Å². The van der Waals surface area contributed by atoms with Crippen LogP contribution < -0.4 is 10.2 Å². The number of hydrogen-bond acceptors (Lipinski definition) is 4. The molecule has 0 saturated carbocycles. The van der Waals surface area contributed by atoms with E-state index >= 15 is 0 Å². The summed E-state index contributed by atoms with van der Waals surface area (Å²) in [6.07, 6.45) is 1.91. The third-order valence-electron chi connectivity index (χ3n) is 4.80.